The summed E-state index contributed by atoms with van der Waals surface area (Å²) in [5.41, 5.74) is 1.22. The maximum absolute atomic E-state index is 12.2. The third kappa shape index (κ3) is 2.21. The van der Waals surface area contributed by atoms with Crippen LogP contribution >= 0.6 is 15.9 Å². The molecule has 1 aliphatic rings. The monoisotopic (exact) mass is 294 g/mol. The lowest BCUT2D eigenvalue weighted by atomic mass is 9.81. The van der Waals surface area contributed by atoms with Crippen LogP contribution in [-0.2, 0) is 11.2 Å². The summed E-state index contributed by atoms with van der Waals surface area (Å²) in [6.07, 6.45) is 0.545. The second kappa shape index (κ2) is 4.05. The van der Waals surface area contributed by atoms with Gasteiger partial charge >= 0.3 is 0 Å². The molecule has 90 valence electrons. The molecule has 0 heterocycles. The summed E-state index contributed by atoms with van der Waals surface area (Å²) >= 11 is 3.39. The van der Waals surface area contributed by atoms with E-state index < -0.39 is 11.3 Å². The molecular formula is C14H15BrO2. The largest absolute Gasteiger partial charge is 0.298 e. The van der Waals surface area contributed by atoms with Crippen LogP contribution in [0.4, 0.5) is 0 Å². The molecule has 1 aromatic carbocycles. The number of carbonyl (C=O) groups excluding carboxylic acids is 2. The zero-order chi connectivity index (χ0) is 12.8. The van der Waals surface area contributed by atoms with Gasteiger partial charge in [0, 0.05) is 15.5 Å². The molecule has 3 heteroatoms. The Kier molecular flexibility index (Phi) is 2.98. The number of Topliss-reactive ketones (excluding diaryl/α,β-unsaturated/α-hetero) is 2. The minimum atomic E-state index is -0.487. The van der Waals surface area contributed by atoms with Gasteiger partial charge in [-0.2, -0.15) is 0 Å². The topological polar surface area (TPSA) is 34.1 Å². The van der Waals surface area contributed by atoms with E-state index in [0.717, 1.165) is 10.0 Å². The fraction of sp³-hybridized carbons (Fsp3) is 0.429. The highest BCUT2D eigenvalue weighted by Gasteiger charge is 2.40. The average Bonchev–Trinajstić information content (AvgIpc) is 2.53. The first-order chi connectivity index (χ1) is 7.80. The van der Waals surface area contributed by atoms with Crippen molar-refractivity contribution in [3.63, 3.8) is 0 Å². The SMILES string of the molecule is CC(C)(C)C(=O)C1Cc2cc(Br)ccc2C1=O. The molecule has 0 aromatic heterocycles. The third-order valence-corrected chi connectivity index (χ3v) is 3.62. The van der Waals surface area contributed by atoms with Crippen molar-refractivity contribution in [2.24, 2.45) is 11.3 Å². The molecule has 2 rings (SSSR count). The van der Waals surface area contributed by atoms with Crippen LogP contribution in [0.3, 0.4) is 0 Å². The molecule has 1 aromatic rings. The Bertz CT molecular complexity index is 497. The van der Waals surface area contributed by atoms with Gasteiger partial charge in [-0.1, -0.05) is 36.7 Å². The van der Waals surface area contributed by atoms with E-state index in [1.54, 1.807) is 6.07 Å². The Balaban J connectivity index is 2.35. The van der Waals surface area contributed by atoms with Crippen LogP contribution in [0.5, 0.6) is 0 Å². The highest BCUT2D eigenvalue weighted by Crippen LogP contribution is 2.33. The molecule has 0 bridgehead atoms. The molecule has 0 saturated carbocycles. The fourth-order valence-corrected chi connectivity index (χ4v) is 2.61. The number of halogens is 1. The van der Waals surface area contributed by atoms with Gasteiger partial charge in [-0.3, -0.25) is 9.59 Å². The van der Waals surface area contributed by atoms with Crippen molar-refractivity contribution >= 4 is 27.5 Å². The summed E-state index contributed by atoms with van der Waals surface area (Å²) in [6.45, 7) is 5.59. The molecule has 2 nitrogen and oxygen atoms in total. The zero-order valence-electron chi connectivity index (χ0n) is 10.2. The lowest BCUT2D eigenvalue weighted by Crippen LogP contribution is -2.31. The molecule has 0 N–H and O–H groups in total. The maximum atomic E-state index is 12.2. The molecule has 1 aliphatic carbocycles. The van der Waals surface area contributed by atoms with E-state index in [1.807, 2.05) is 32.9 Å². The van der Waals surface area contributed by atoms with Crippen molar-refractivity contribution in [1.82, 2.24) is 0 Å². The Morgan fingerprint density at radius 3 is 2.59 bits per heavy atom. The first kappa shape index (κ1) is 12.5. The minimum absolute atomic E-state index is 0.0209. The van der Waals surface area contributed by atoms with Crippen molar-refractivity contribution < 1.29 is 9.59 Å². The molecule has 0 amide bonds. The molecule has 17 heavy (non-hydrogen) atoms. The number of ketones is 2. The predicted octanol–water partition coefficient (Wildman–Crippen LogP) is 3.42. The summed E-state index contributed by atoms with van der Waals surface area (Å²) in [7, 11) is 0. The molecule has 0 saturated heterocycles. The van der Waals surface area contributed by atoms with E-state index >= 15 is 0 Å². The van der Waals surface area contributed by atoms with E-state index in [0.29, 0.717) is 12.0 Å². The van der Waals surface area contributed by atoms with Gasteiger partial charge in [0.1, 0.15) is 5.78 Å². The quantitative estimate of drug-likeness (QED) is 0.744. The number of carbonyl (C=O) groups is 2. The van der Waals surface area contributed by atoms with Gasteiger partial charge < -0.3 is 0 Å². The third-order valence-electron chi connectivity index (χ3n) is 3.13. The average molecular weight is 295 g/mol. The smallest absolute Gasteiger partial charge is 0.173 e. The summed E-state index contributed by atoms with van der Waals surface area (Å²) in [6, 6.07) is 5.58. The van der Waals surface area contributed by atoms with Crippen molar-refractivity contribution in [2.45, 2.75) is 27.2 Å². The molecular weight excluding hydrogens is 280 g/mol. The molecule has 1 unspecified atom stereocenters. The highest BCUT2D eigenvalue weighted by molar-refractivity contribution is 9.10. The van der Waals surface area contributed by atoms with Crippen LogP contribution in [-0.4, -0.2) is 11.6 Å². The van der Waals surface area contributed by atoms with E-state index in [9.17, 15) is 9.59 Å². The van der Waals surface area contributed by atoms with Gasteiger partial charge in [0.2, 0.25) is 0 Å². The predicted molar refractivity (Wildman–Crippen MR) is 70.1 cm³/mol. The van der Waals surface area contributed by atoms with E-state index in [4.69, 9.17) is 0 Å². The van der Waals surface area contributed by atoms with Crippen LogP contribution in [0.2, 0.25) is 0 Å². The lowest BCUT2D eigenvalue weighted by molar-refractivity contribution is -0.128. The Hall–Kier alpha value is -0.960. The van der Waals surface area contributed by atoms with Gasteiger partial charge in [-0.05, 0) is 30.2 Å². The van der Waals surface area contributed by atoms with Crippen LogP contribution < -0.4 is 0 Å². The Labute approximate surface area is 110 Å². The summed E-state index contributed by atoms with van der Waals surface area (Å²) < 4.78 is 0.952. The van der Waals surface area contributed by atoms with Gasteiger partial charge in [-0.25, -0.2) is 0 Å². The van der Waals surface area contributed by atoms with Crippen molar-refractivity contribution in [2.75, 3.05) is 0 Å². The Morgan fingerprint density at radius 2 is 2.00 bits per heavy atom. The first-order valence-electron chi connectivity index (χ1n) is 5.67. The number of rotatable bonds is 1. The number of fused-ring (bicyclic) bond motifs is 1. The van der Waals surface area contributed by atoms with Crippen LogP contribution in [0.25, 0.3) is 0 Å². The fourth-order valence-electron chi connectivity index (χ4n) is 2.21. The molecule has 1 atom stereocenters. The minimum Gasteiger partial charge on any atom is -0.298 e. The lowest BCUT2D eigenvalue weighted by Gasteiger charge is -2.20. The van der Waals surface area contributed by atoms with Crippen LogP contribution in [0.1, 0.15) is 36.7 Å². The zero-order valence-corrected chi connectivity index (χ0v) is 11.8. The second-order valence-electron chi connectivity index (χ2n) is 5.54. The highest BCUT2D eigenvalue weighted by atomic mass is 79.9. The van der Waals surface area contributed by atoms with Crippen molar-refractivity contribution in [1.29, 1.82) is 0 Å². The molecule has 0 fully saturated rings. The van der Waals surface area contributed by atoms with E-state index in [-0.39, 0.29) is 11.6 Å². The van der Waals surface area contributed by atoms with E-state index in [2.05, 4.69) is 15.9 Å². The van der Waals surface area contributed by atoms with Gasteiger partial charge in [0.25, 0.3) is 0 Å². The number of hydrogen-bond donors (Lipinski definition) is 0. The van der Waals surface area contributed by atoms with Crippen LogP contribution in [0, 0.1) is 11.3 Å². The molecule has 0 radical (unpaired) electrons. The van der Waals surface area contributed by atoms with Gasteiger partial charge in [0.15, 0.2) is 5.78 Å². The van der Waals surface area contributed by atoms with Crippen molar-refractivity contribution in [3.05, 3.63) is 33.8 Å². The van der Waals surface area contributed by atoms with E-state index in [1.165, 1.54) is 0 Å². The summed E-state index contributed by atoms with van der Waals surface area (Å²) in [4.78, 5) is 24.4. The number of hydrogen-bond acceptors (Lipinski definition) is 2. The standard InChI is InChI=1S/C14H15BrO2/c1-14(2,3)13(17)11-7-8-6-9(15)4-5-10(8)12(11)16/h4-6,11H,7H2,1-3H3. The molecule has 0 aliphatic heterocycles. The van der Waals surface area contributed by atoms with Gasteiger partial charge in [0.05, 0.1) is 5.92 Å². The molecule has 0 spiro atoms. The van der Waals surface area contributed by atoms with Crippen molar-refractivity contribution in [3.8, 4) is 0 Å². The maximum Gasteiger partial charge on any atom is 0.173 e. The van der Waals surface area contributed by atoms with Crippen LogP contribution in [0.15, 0.2) is 22.7 Å². The summed E-state index contributed by atoms with van der Waals surface area (Å²) in [5.74, 6) is -0.471. The van der Waals surface area contributed by atoms with Gasteiger partial charge in [-0.15, -0.1) is 0 Å². The normalized spacial score (nSPS) is 19.3. The Morgan fingerprint density at radius 1 is 1.35 bits per heavy atom. The summed E-state index contributed by atoms with van der Waals surface area (Å²) in [5, 5.41) is 0. The second-order valence-corrected chi connectivity index (χ2v) is 6.45. The first-order valence-corrected chi connectivity index (χ1v) is 6.47. The number of benzene rings is 1.